The van der Waals surface area contributed by atoms with Crippen molar-refractivity contribution in [1.29, 1.82) is 0 Å². The highest BCUT2D eigenvalue weighted by Gasteiger charge is 2.19. The highest BCUT2D eigenvalue weighted by molar-refractivity contribution is 5.71. The highest BCUT2D eigenvalue weighted by Crippen LogP contribution is 2.15. The third-order valence-corrected chi connectivity index (χ3v) is 11.5. The average molecular weight is 893 g/mol. The Balaban J connectivity index is 4.41. The van der Waals surface area contributed by atoms with Gasteiger partial charge in [-0.1, -0.05) is 241 Å². The van der Waals surface area contributed by atoms with E-state index in [4.69, 9.17) is 14.2 Å². The minimum atomic E-state index is -0.789. The van der Waals surface area contributed by atoms with Gasteiger partial charge in [0.15, 0.2) is 6.10 Å². The summed E-state index contributed by atoms with van der Waals surface area (Å²) in [5.74, 6) is -0.925. The molecule has 0 bridgehead atoms. The number of allylic oxidation sites excluding steroid dienone is 12. The minimum absolute atomic E-state index is 0.0859. The van der Waals surface area contributed by atoms with E-state index in [1.54, 1.807) is 0 Å². The molecule has 0 aliphatic carbocycles. The van der Waals surface area contributed by atoms with Gasteiger partial charge < -0.3 is 14.2 Å². The van der Waals surface area contributed by atoms with Gasteiger partial charge in [-0.25, -0.2) is 0 Å². The van der Waals surface area contributed by atoms with Gasteiger partial charge in [0.2, 0.25) is 0 Å². The van der Waals surface area contributed by atoms with Gasteiger partial charge in [-0.2, -0.15) is 0 Å². The summed E-state index contributed by atoms with van der Waals surface area (Å²) in [4.78, 5) is 38.0. The van der Waals surface area contributed by atoms with Crippen LogP contribution < -0.4 is 0 Å². The lowest BCUT2D eigenvalue weighted by molar-refractivity contribution is -0.167. The monoisotopic (exact) mass is 893 g/mol. The predicted molar refractivity (Wildman–Crippen MR) is 274 cm³/mol. The first-order chi connectivity index (χ1) is 31.5. The fourth-order valence-electron chi connectivity index (χ4n) is 7.45. The number of rotatable bonds is 48. The van der Waals surface area contributed by atoms with Crippen LogP contribution in [0, 0.1) is 0 Å². The van der Waals surface area contributed by atoms with E-state index in [2.05, 4.69) is 93.7 Å². The van der Waals surface area contributed by atoms with Gasteiger partial charge in [-0.05, 0) is 70.6 Å². The summed E-state index contributed by atoms with van der Waals surface area (Å²) in [5, 5.41) is 0. The van der Waals surface area contributed by atoms with Crippen molar-refractivity contribution in [3.05, 3.63) is 72.9 Å². The van der Waals surface area contributed by atoms with Gasteiger partial charge in [-0.15, -0.1) is 0 Å². The molecule has 1 atom stereocenters. The number of carbonyl (C=O) groups is 3. The fourth-order valence-corrected chi connectivity index (χ4v) is 7.45. The summed E-state index contributed by atoms with van der Waals surface area (Å²) in [6, 6.07) is 0. The summed E-state index contributed by atoms with van der Waals surface area (Å²) in [6.07, 6.45) is 66.0. The molecule has 368 valence electrons. The maximum Gasteiger partial charge on any atom is 0.306 e. The molecule has 0 rings (SSSR count). The molecule has 0 spiro atoms. The van der Waals surface area contributed by atoms with Crippen LogP contribution in [0.15, 0.2) is 72.9 Å². The summed E-state index contributed by atoms with van der Waals surface area (Å²) in [5.41, 5.74) is 0. The molecule has 6 nitrogen and oxygen atoms in total. The molecule has 0 amide bonds. The van der Waals surface area contributed by atoms with Gasteiger partial charge in [0, 0.05) is 19.3 Å². The molecule has 64 heavy (non-hydrogen) atoms. The van der Waals surface area contributed by atoms with E-state index in [9.17, 15) is 14.4 Å². The molecule has 0 N–H and O–H groups in total. The van der Waals surface area contributed by atoms with Gasteiger partial charge in [0.25, 0.3) is 0 Å². The van der Waals surface area contributed by atoms with Gasteiger partial charge in [0.05, 0.1) is 0 Å². The fraction of sp³-hybridized carbons (Fsp3) is 0.741. The zero-order valence-corrected chi connectivity index (χ0v) is 42.0. The van der Waals surface area contributed by atoms with Crippen LogP contribution in [0.2, 0.25) is 0 Å². The van der Waals surface area contributed by atoms with Gasteiger partial charge >= 0.3 is 17.9 Å². The van der Waals surface area contributed by atoms with Crippen molar-refractivity contribution < 1.29 is 28.6 Å². The minimum Gasteiger partial charge on any atom is -0.462 e. The van der Waals surface area contributed by atoms with E-state index in [1.807, 2.05) is 0 Å². The van der Waals surface area contributed by atoms with E-state index >= 15 is 0 Å². The largest absolute Gasteiger partial charge is 0.462 e. The summed E-state index contributed by atoms with van der Waals surface area (Å²) < 4.78 is 16.8. The van der Waals surface area contributed by atoms with Crippen molar-refractivity contribution in [3.63, 3.8) is 0 Å². The van der Waals surface area contributed by atoms with E-state index < -0.39 is 6.10 Å². The molecular weight excluding hydrogens is 793 g/mol. The number of esters is 3. The molecular formula is C58H100O6. The summed E-state index contributed by atoms with van der Waals surface area (Å²) >= 11 is 0. The molecule has 1 unspecified atom stereocenters. The van der Waals surface area contributed by atoms with E-state index in [0.29, 0.717) is 19.3 Å². The zero-order chi connectivity index (χ0) is 46.5. The van der Waals surface area contributed by atoms with Crippen molar-refractivity contribution >= 4 is 17.9 Å². The first kappa shape index (κ1) is 60.9. The first-order valence-corrected chi connectivity index (χ1v) is 26.9. The number of hydrogen-bond donors (Lipinski definition) is 0. The Bertz CT molecular complexity index is 1210. The Kier molecular flexibility index (Phi) is 49.9. The zero-order valence-electron chi connectivity index (χ0n) is 42.0. The molecule has 0 saturated carbocycles. The summed E-state index contributed by atoms with van der Waals surface area (Å²) in [6.45, 7) is 6.49. The van der Waals surface area contributed by atoms with Crippen LogP contribution in [0.1, 0.15) is 258 Å². The second-order valence-electron chi connectivity index (χ2n) is 17.8. The second kappa shape index (κ2) is 52.5. The Morgan fingerprint density at radius 3 is 0.953 bits per heavy atom. The van der Waals surface area contributed by atoms with Crippen LogP contribution in [0.3, 0.4) is 0 Å². The smallest absolute Gasteiger partial charge is 0.306 e. The predicted octanol–water partition coefficient (Wildman–Crippen LogP) is 17.8. The lowest BCUT2D eigenvalue weighted by atomic mass is 10.0. The van der Waals surface area contributed by atoms with Crippen LogP contribution in [-0.4, -0.2) is 37.2 Å². The Morgan fingerprint density at radius 2 is 0.609 bits per heavy atom. The maximum absolute atomic E-state index is 12.8. The standard InChI is InChI=1S/C58H100O6/c1-4-7-10-13-16-19-22-25-26-27-28-29-30-31-32-34-36-39-42-45-48-51-57(60)63-54-55(53-62-56(59)50-47-44-41-38-35-24-21-18-15-12-9-6-3)64-58(61)52-49-46-43-40-37-33-23-20-17-14-11-8-5-2/h7,10,16,19,25-26,28-29,31-32,36,39,55H,4-6,8-9,11-15,17-18,20-24,27,30,33-35,37-38,40-54H2,1-3H3/b10-7-,19-16-,26-25-,29-28-,32-31-,39-36-. The molecule has 0 aliphatic heterocycles. The van der Waals surface area contributed by atoms with Crippen molar-refractivity contribution in [1.82, 2.24) is 0 Å². The van der Waals surface area contributed by atoms with Crippen molar-refractivity contribution in [3.8, 4) is 0 Å². The topological polar surface area (TPSA) is 78.9 Å². The molecule has 0 saturated heterocycles. The van der Waals surface area contributed by atoms with Crippen LogP contribution in [0.25, 0.3) is 0 Å². The molecule has 0 aromatic rings. The third kappa shape index (κ3) is 49.9. The van der Waals surface area contributed by atoms with Crippen LogP contribution in [0.5, 0.6) is 0 Å². The van der Waals surface area contributed by atoms with E-state index in [1.165, 1.54) is 122 Å². The first-order valence-electron chi connectivity index (χ1n) is 26.9. The van der Waals surface area contributed by atoms with E-state index in [-0.39, 0.29) is 31.1 Å². The van der Waals surface area contributed by atoms with Crippen LogP contribution in [-0.2, 0) is 28.6 Å². The van der Waals surface area contributed by atoms with Crippen molar-refractivity contribution in [2.45, 2.75) is 264 Å². The lowest BCUT2D eigenvalue weighted by Crippen LogP contribution is -2.30. The third-order valence-electron chi connectivity index (χ3n) is 11.5. The normalized spacial score (nSPS) is 12.6. The van der Waals surface area contributed by atoms with Gasteiger partial charge in [-0.3, -0.25) is 14.4 Å². The Hall–Kier alpha value is -3.15. The van der Waals surface area contributed by atoms with Gasteiger partial charge in [0.1, 0.15) is 13.2 Å². The molecule has 0 aromatic carbocycles. The van der Waals surface area contributed by atoms with Crippen molar-refractivity contribution in [2.75, 3.05) is 13.2 Å². The summed E-state index contributed by atoms with van der Waals surface area (Å²) in [7, 11) is 0. The second-order valence-corrected chi connectivity index (χ2v) is 17.8. The molecule has 0 aromatic heterocycles. The highest BCUT2D eigenvalue weighted by atomic mass is 16.6. The Labute approximate surface area is 395 Å². The molecule has 0 fully saturated rings. The number of hydrogen-bond acceptors (Lipinski definition) is 6. The van der Waals surface area contributed by atoms with Crippen molar-refractivity contribution in [2.24, 2.45) is 0 Å². The molecule has 0 aliphatic rings. The number of unbranched alkanes of at least 4 members (excludes halogenated alkanes) is 25. The number of ether oxygens (including phenoxy) is 3. The number of carbonyl (C=O) groups excluding carboxylic acids is 3. The SMILES string of the molecule is CC/C=C\C/C=C\C/C=C\C/C=C\C/C=C\C/C=C\CCCCC(=O)OCC(COC(=O)CCCCCCCCCCCCCC)OC(=O)CCCCCCCCCCCCCCC. The molecule has 0 heterocycles. The molecule has 0 radical (unpaired) electrons. The maximum atomic E-state index is 12.8. The van der Waals surface area contributed by atoms with E-state index in [0.717, 1.165) is 96.3 Å². The lowest BCUT2D eigenvalue weighted by Gasteiger charge is -2.18. The average Bonchev–Trinajstić information content (AvgIpc) is 3.29. The molecule has 6 heteroatoms. The van der Waals surface area contributed by atoms with Crippen LogP contribution in [0.4, 0.5) is 0 Å². The Morgan fingerprint density at radius 1 is 0.328 bits per heavy atom. The van der Waals surface area contributed by atoms with Crippen LogP contribution >= 0.6 is 0 Å². The quantitative estimate of drug-likeness (QED) is 0.0262.